The van der Waals surface area contributed by atoms with Gasteiger partial charge in [0, 0.05) is 31.1 Å². The Morgan fingerprint density at radius 2 is 2.22 bits per heavy atom. The average molecular weight is 318 g/mol. The third-order valence-corrected chi connectivity index (χ3v) is 4.18. The highest BCUT2D eigenvalue weighted by Gasteiger charge is 2.27. The van der Waals surface area contributed by atoms with Gasteiger partial charge in [-0.2, -0.15) is 0 Å². The summed E-state index contributed by atoms with van der Waals surface area (Å²) >= 11 is 0. The molecule has 1 amide bonds. The number of nitrogens with zero attached hydrogens (tertiary/aromatic N) is 1. The number of carbonyl (C=O) groups excluding carboxylic acids is 2. The molecule has 1 unspecified atom stereocenters. The molecule has 1 aliphatic rings. The largest absolute Gasteiger partial charge is 0.494 e. The van der Waals surface area contributed by atoms with Gasteiger partial charge in [0.15, 0.2) is 5.78 Å². The van der Waals surface area contributed by atoms with E-state index >= 15 is 0 Å². The second-order valence-corrected chi connectivity index (χ2v) is 5.98. The van der Waals surface area contributed by atoms with Gasteiger partial charge >= 0.3 is 0 Å². The van der Waals surface area contributed by atoms with Crippen LogP contribution < -0.4 is 10.1 Å². The van der Waals surface area contributed by atoms with E-state index in [4.69, 9.17) is 4.74 Å². The Labute approximate surface area is 138 Å². The second-order valence-electron chi connectivity index (χ2n) is 5.98. The van der Waals surface area contributed by atoms with Crippen molar-refractivity contribution in [1.82, 2.24) is 10.2 Å². The zero-order chi connectivity index (χ0) is 16.7. The normalized spacial score (nSPS) is 17.3. The summed E-state index contributed by atoms with van der Waals surface area (Å²) < 4.78 is 5.65. The van der Waals surface area contributed by atoms with Crippen LogP contribution in [0.3, 0.4) is 0 Å². The van der Waals surface area contributed by atoms with Gasteiger partial charge in [-0.15, -0.1) is 0 Å². The molecule has 1 aromatic rings. The van der Waals surface area contributed by atoms with E-state index in [2.05, 4.69) is 5.32 Å². The van der Waals surface area contributed by atoms with Crippen LogP contribution in [0.15, 0.2) is 24.3 Å². The second kappa shape index (κ2) is 8.67. The number of ketones is 1. The number of hydrogen-bond donors (Lipinski definition) is 1. The number of rotatable bonds is 8. The first-order valence-corrected chi connectivity index (χ1v) is 8.29. The number of benzene rings is 1. The molecular formula is C18H26N2O3. The minimum Gasteiger partial charge on any atom is -0.494 e. The van der Waals surface area contributed by atoms with Crippen molar-refractivity contribution in [1.29, 1.82) is 0 Å². The number of hydrogen-bond acceptors (Lipinski definition) is 4. The van der Waals surface area contributed by atoms with E-state index in [-0.39, 0.29) is 11.7 Å². The zero-order valence-corrected chi connectivity index (χ0v) is 14.0. The zero-order valence-electron chi connectivity index (χ0n) is 14.0. The van der Waals surface area contributed by atoms with Crippen LogP contribution in [0.25, 0.3) is 0 Å². The van der Waals surface area contributed by atoms with Crippen LogP contribution in [0.2, 0.25) is 0 Å². The van der Waals surface area contributed by atoms with Gasteiger partial charge in [0.05, 0.1) is 6.61 Å². The highest BCUT2D eigenvalue weighted by molar-refractivity contribution is 5.94. The molecule has 1 fully saturated rings. The number of carbonyl (C=O) groups is 2. The van der Waals surface area contributed by atoms with E-state index < -0.39 is 0 Å². The number of nitrogens with one attached hydrogen (secondary N) is 1. The summed E-state index contributed by atoms with van der Waals surface area (Å²) in [5.41, 5.74) is 0.644. The Morgan fingerprint density at radius 3 is 2.96 bits per heavy atom. The molecule has 0 aromatic heterocycles. The van der Waals surface area contributed by atoms with E-state index in [1.807, 2.05) is 24.1 Å². The molecule has 2 rings (SSSR count). The lowest BCUT2D eigenvalue weighted by Gasteiger charge is -2.24. The summed E-state index contributed by atoms with van der Waals surface area (Å²) in [4.78, 5) is 25.6. The van der Waals surface area contributed by atoms with Crippen molar-refractivity contribution >= 4 is 11.7 Å². The van der Waals surface area contributed by atoms with Gasteiger partial charge < -0.3 is 15.0 Å². The molecule has 126 valence electrons. The van der Waals surface area contributed by atoms with Crippen molar-refractivity contribution in [3.63, 3.8) is 0 Å². The van der Waals surface area contributed by atoms with Crippen LogP contribution in [-0.4, -0.2) is 49.4 Å². The molecule has 1 heterocycles. The van der Waals surface area contributed by atoms with Gasteiger partial charge in [0.25, 0.3) is 0 Å². The number of likely N-dealkylation sites (tertiary alicyclic amines) is 1. The molecule has 5 nitrogen and oxygen atoms in total. The van der Waals surface area contributed by atoms with Crippen LogP contribution in [0.4, 0.5) is 0 Å². The van der Waals surface area contributed by atoms with E-state index in [0.29, 0.717) is 36.8 Å². The standard InChI is InChI=1S/C18H26N2O3/c1-14(21)15-6-3-8-17(12-15)23-11-5-9-18(22)20-10-4-7-16(20)13-19-2/h3,6,8,12,16,19H,4-5,7,9-11,13H2,1-2H3. The van der Waals surface area contributed by atoms with Crippen LogP contribution in [-0.2, 0) is 4.79 Å². The Balaban J connectivity index is 1.73. The molecule has 1 aromatic carbocycles. The summed E-state index contributed by atoms with van der Waals surface area (Å²) in [6, 6.07) is 7.49. The molecule has 23 heavy (non-hydrogen) atoms. The lowest BCUT2D eigenvalue weighted by molar-refractivity contribution is -0.132. The maximum Gasteiger partial charge on any atom is 0.222 e. The fourth-order valence-electron chi connectivity index (χ4n) is 2.97. The number of ether oxygens (including phenoxy) is 1. The highest BCUT2D eigenvalue weighted by atomic mass is 16.5. The Bertz CT molecular complexity index is 545. The van der Waals surface area contributed by atoms with Crippen molar-refractivity contribution in [3.8, 4) is 5.75 Å². The summed E-state index contributed by atoms with van der Waals surface area (Å²) in [7, 11) is 1.92. The van der Waals surface area contributed by atoms with Gasteiger partial charge in [-0.1, -0.05) is 12.1 Å². The fraction of sp³-hybridized carbons (Fsp3) is 0.556. The molecule has 0 radical (unpaired) electrons. The van der Waals surface area contributed by atoms with Crippen molar-refractivity contribution in [2.45, 2.75) is 38.6 Å². The van der Waals surface area contributed by atoms with Crippen molar-refractivity contribution in [2.75, 3.05) is 26.7 Å². The van der Waals surface area contributed by atoms with Crippen molar-refractivity contribution < 1.29 is 14.3 Å². The lowest BCUT2D eigenvalue weighted by Crippen LogP contribution is -2.40. The summed E-state index contributed by atoms with van der Waals surface area (Å²) in [6.07, 6.45) is 3.37. The molecule has 1 saturated heterocycles. The van der Waals surface area contributed by atoms with Gasteiger partial charge in [0.2, 0.25) is 5.91 Å². The van der Waals surface area contributed by atoms with Crippen LogP contribution >= 0.6 is 0 Å². The molecular weight excluding hydrogens is 292 g/mol. The Morgan fingerprint density at radius 1 is 1.39 bits per heavy atom. The molecule has 1 N–H and O–H groups in total. The van der Waals surface area contributed by atoms with Crippen molar-refractivity contribution in [3.05, 3.63) is 29.8 Å². The van der Waals surface area contributed by atoms with Crippen LogP contribution in [0, 0.1) is 0 Å². The van der Waals surface area contributed by atoms with Gasteiger partial charge in [-0.3, -0.25) is 9.59 Å². The van der Waals surface area contributed by atoms with Gasteiger partial charge in [-0.05, 0) is 45.4 Å². The predicted molar refractivity (Wildman–Crippen MR) is 89.8 cm³/mol. The van der Waals surface area contributed by atoms with Crippen LogP contribution in [0.1, 0.15) is 43.0 Å². The monoisotopic (exact) mass is 318 g/mol. The lowest BCUT2D eigenvalue weighted by atomic mass is 10.1. The maximum atomic E-state index is 12.3. The van der Waals surface area contributed by atoms with E-state index in [1.165, 1.54) is 6.92 Å². The highest BCUT2D eigenvalue weighted by Crippen LogP contribution is 2.18. The molecule has 0 aliphatic carbocycles. The topological polar surface area (TPSA) is 58.6 Å². The molecule has 0 spiro atoms. The average Bonchev–Trinajstić information content (AvgIpc) is 3.00. The predicted octanol–water partition coefficient (Wildman–Crippen LogP) is 2.26. The maximum absolute atomic E-state index is 12.3. The number of Topliss-reactive ketones (excluding diaryl/α,β-unsaturated/α-hetero) is 1. The number of amides is 1. The molecule has 1 atom stereocenters. The Hall–Kier alpha value is -1.88. The van der Waals surface area contributed by atoms with E-state index in [1.54, 1.807) is 12.1 Å². The number of likely N-dealkylation sites (N-methyl/N-ethyl adjacent to an activating group) is 1. The van der Waals surface area contributed by atoms with Gasteiger partial charge in [0.1, 0.15) is 5.75 Å². The molecule has 0 bridgehead atoms. The van der Waals surface area contributed by atoms with Crippen molar-refractivity contribution in [2.24, 2.45) is 0 Å². The minimum atomic E-state index is 0.0234. The molecule has 5 heteroatoms. The fourth-order valence-corrected chi connectivity index (χ4v) is 2.97. The van der Waals surface area contributed by atoms with E-state index in [9.17, 15) is 9.59 Å². The third-order valence-electron chi connectivity index (χ3n) is 4.18. The SMILES string of the molecule is CNCC1CCCN1C(=O)CCCOc1cccc(C(C)=O)c1. The first kappa shape index (κ1) is 17.5. The smallest absolute Gasteiger partial charge is 0.222 e. The van der Waals surface area contributed by atoms with Gasteiger partial charge in [-0.25, -0.2) is 0 Å². The third kappa shape index (κ3) is 5.06. The van der Waals surface area contributed by atoms with E-state index in [0.717, 1.165) is 25.9 Å². The Kier molecular flexibility index (Phi) is 6.59. The summed E-state index contributed by atoms with van der Waals surface area (Å²) in [6.45, 7) is 3.75. The molecule has 0 saturated carbocycles. The quantitative estimate of drug-likeness (QED) is 0.590. The minimum absolute atomic E-state index is 0.0234. The first-order chi connectivity index (χ1) is 11.1. The summed E-state index contributed by atoms with van der Waals surface area (Å²) in [5.74, 6) is 0.915. The summed E-state index contributed by atoms with van der Waals surface area (Å²) in [5, 5.41) is 3.15. The molecule has 1 aliphatic heterocycles. The first-order valence-electron chi connectivity index (χ1n) is 8.29. The van der Waals surface area contributed by atoms with Crippen LogP contribution in [0.5, 0.6) is 5.75 Å².